The second kappa shape index (κ2) is 7.53. The van der Waals surface area contributed by atoms with Crippen LogP contribution in [-0.4, -0.2) is 39.0 Å². The van der Waals surface area contributed by atoms with Gasteiger partial charge >= 0.3 is 0 Å². The number of aryl methyl sites for hydroxylation is 1. The summed E-state index contributed by atoms with van der Waals surface area (Å²) in [5, 5.41) is 3.64. The number of benzene rings is 1. The van der Waals surface area contributed by atoms with Crippen LogP contribution in [0.5, 0.6) is 0 Å². The fourth-order valence-corrected chi connectivity index (χ4v) is 5.93. The highest BCUT2D eigenvalue weighted by Crippen LogP contribution is 2.31. The molecule has 2 N–H and O–H groups in total. The number of rotatable bonds is 5. The molecule has 6 nitrogen and oxygen atoms in total. The molecule has 0 unspecified atom stereocenters. The fraction of sp³-hybridized carbons (Fsp3) is 0.650. The summed E-state index contributed by atoms with van der Waals surface area (Å²) in [6.07, 6.45) is 8.52. The number of fused-ring (bicyclic) bond motifs is 1. The number of amides is 1. The normalized spacial score (nSPS) is 25.9. The Kier molecular flexibility index (Phi) is 5.27. The van der Waals surface area contributed by atoms with Gasteiger partial charge in [0.25, 0.3) is 0 Å². The van der Waals surface area contributed by atoms with Crippen LogP contribution in [0.4, 0.5) is 5.69 Å². The molecule has 2 saturated carbocycles. The number of hydrogen-bond acceptors (Lipinski definition) is 4. The van der Waals surface area contributed by atoms with Crippen molar-refractivity contribution in [1.82, 2.24) is 10.0 Å². The predicted octanol–water partition coefficient (Wildman–Crippen LogP) is 2.33. The van der Waals surface area contributed by atoms with E-state index in [0.29, 0.717) is 17.5 Å². The van der Waals surface area contributed by atoms with Gasteiger partial charge in [0.15, 0.2) is 0 Å². The average Bonchev–Trinajstić information content (AvgIpc) is 3.16. The highest BCUT2D eigenvalue weighted by atomic mass is 32.2. The van der Waals surface area contributed by atoms with E-state index in [0.717, 1.165) is 36.9 Å². The Morgan fingerprint density at radius 1 is 1.07 bits per heavy atom. The van der Waals surface area contributed by atoms with Crippen LogP contribution < -0.4 is 14.9 Å². The van der Waals surface area contributed by atoms with E-state index < -0.39 is 10.0 Å². The molecule has 4 rings (SSSR count). The number of carbonyl (C=O) groups is 1. The summed E-state index contributed by atoms with van der Waals surface area (Å²) in [6.45, 7) is 2.25. The Labute approximate surface area is 161 Å². The molecule has 0 radical (unpaired) electrons. The second-order valence-electron chi connectivity index (χ2n) is 8.12. The summed E-state index contributed by atoms with van der Waals surface area (Å²) in [6, 6.07) is 5.91. The minimum absolute atomic E-state index is 0.0000194. The van der Waals surface area contributed by atoms with E-state index in [1.165, 1.54) is 25.7 Å². The number of nitrogens with one attached hydrogen (secondary N) is 2. The minimum atomic E-state index is -3.55. The zero-order chi connectivity index (χ0) is 19.0. The van der Waals surface area contributed by atoms with Crippen molar-refractivity contribution in [2.24, 2.45) is 0 Å². The van der Waals surface area contributed by atoms with Crippen molar-refractivity contribution in [3.8, 4) is 0 Å². The highest BCUT2D eigenvalue weighted by Gasteiger charge is 2.36. The van der Waals surface area contributed by atoms with Crippen molar-refractivity contribution in [2.45, 2.75) is 81.3 Å². The smallest absolute Gasteiger partial charge is 0.240 e. The Morgan fingerprint density at radius 2 is 1.81 bits per heavy atom. The van der Waals surface area contributed by atoms with Crippen LogP contribution in [-0.2, 0) is 21.2 Å². The molecule has 0 saturated heterocycles. The maximum atomic E-state index is 12.9. The monoisotopic (exact) mass is 391 g/mol. The SMILES string of the molecule is CC(=O)N1CCCc2cc(S(=O)(=O)N[C@@H]3CC[C@@H]3NC3CCCC3)ccc21. The summed E-state index contributed by atoms with van der Waals surface area (Å²) in [7, 11) is -3.55. The molecule has 2 fully saturated rings. The lowest BCUT2D eigenvalue weighted by Crippen LogP contribution is -2.58. The van der Waals surface area contributed by atoms with Crippen LogP contribution >= 0.6 is 0 Å². The maximum Gasteiger partial charge on any atom is 0.240 e. The van der Waals surface area contributed by atoms with Crippen molar-refractivity contribution in [1.29, 1.82) is 0 Å². The summed E-state index contributed by atoms with van der Waals surface area (Å²) in [5.74, 6) is -0.0000194. The fourth-order valence-electron chi connectivity index (χ4n) is 4.57. The largest absolute Gasteiger partial charge is 0.312 e. The minimum Gasteiger partial charge on any atom is -0.312 e. The standard InChI is InChI=1S/C20H29N3O3S/c1-14(24)23-12-4-5-15-13-17(8-11-20(15)23)27(25,26)22-19-10-9-18(19)21-16-6-2-3-7-16/h8,11,13,16,18-19,21-22H,2-7,9-10,12H2,1H3/t18-,19+/m0/s1. The van der Waals surface area contributed by atoms with Gasteiger partial charge in [0, 0.05) is 37.3 Å². The van der Waals surface area contributed by atoms with E-state index in [1.807, 2.05) is 0 Å². The summed E-state index contributed by atoms with van der Waals surface area (Å²) >= 11 is 0. The average molecular weight is 392 g/mol. The van der Waals surface area contributed by atoms with Gasteiger partial charge in [-0.15, -0.1) is 0 Å². The number of nitrogens with zero attached hydrogens (tertiary/aromatic N) is 1. The molecule has 1 heterocycles. The summed E-state index contributed by atoms with van der Waals surface area (Å²) in [4.78, 5) is 13.8. The van der Waals surface area contributed by atoms with E-state index in [-0.39, 0.29) is 18.0 Å². The third-order valence-electron chi connectivity index (χ3n) is 6.25. The van der Waals surface area contributed by atoms with E-state index >= 15 is 0 Å². The van der Waals surface area contributed by atoms with Crippen LogP contribution in [0.15, 0.2) is 23.1 Å². The van der Waals surface area contributed by atoms with Gasteiger partial charge < -0.3 is 10.2 Å². The zero-order valence-corrected chi connectivity index (χ0v) is 16.7. The third-order valence-corrected chi connectivity index (χ3v) is 7.73. The topological polar surface area (TPSA) is 78.5 Å². The Hall–Kier alpha value is -1.44. The van der Waals surface area contributed by atoms with E-state index in [1.54, 1.807) is 30.0 Å². The molecule has 0 aromatic heterocycles. The molecule has 1 amide bonds. The molecule has 1 aromatic carbocycles. The number of carbonyl (C=O) groups excluding carboxylic acids is 1. The molecule has 27 heavy (non-hydrogen) atoms. The molecular formula is C20H29N3O3S. The molecule has 7 heteroatoms. The molecule has 1 aromatic rings. The van der Waals surface area contributed by atoms with Gasteiger partial charge in [-0.1, -0.05) is 12.8 Å². The van der Waals surface area contributed by atoms with Gasteiger partial charge in [-0.2, -0.15) is 0 Å². The van der Waals surface area contributed by atoms with E-state index in [9.17, 15) is 13.2 Å². The van der Waals surface area contributed by atoms with Crippen LogP contribution in [0.3, 0.4) is 0 Å². The lowest BCUT2D eigenvalue weighted by molar-refractivity contribution is -0.116. The van der Waals surface area contributed by atoms with Gasteiger partial charge in [-0.3, -0.25) is 4.79 Å². The second-order valence-corrected chi connectivity index (χ2v) is 9.84. The first-order valence-corrected chi connectivity index (χ1v) is 11.6. The Balaban J connectivity index is 1.46. The van der Waals surface area contributed by atoms with Crippen LogP contribution in [0.25, 0.3) is 0 Å². The summed E-state index contributed by atoms with van der Waals surface area (Å²) in [5.41, 5.74) is 1.78. The molecule has 1 aliphatic heterocycles. The number of sulfonamides is 1. The Morgan fingerprint density at radius 3 is 2.48 bits per heavy atom. The molecule has 0 spiro atoms. The first-order chi connectivity index (χ1) is 12.9. The van der Waals surface area contributed by atoms with Gasteiger partial charge in [0.1, 0.15) is 0 Å². The molecule has 2 atom stereocenters. The molecule has 148 valence electrons. The van der Waals surface area contributed by atoms with Crippen molar-refractivity contribution in [3.63, 3.8) is 0 Å². The van der Waals surface area contributed by atoms with Gasteiger partial charge in [-0.05, 0) is 62.3 Å². The van der Waals surface area contributed by atoms with Crippen LogP contribution in [0, 0.1) is 0 Å². The zero-order valence-electron chi connectivity index (χ0n) is 15.9. The first-order valence-electron chi connectivity index (χ1n) is 10.1. The van der Waals surface area contributed by atoms with Crippen molar-refractivity contribution >= 4 is 21.6 Å². The molecular weight excluding hydrogens is 362 g/mol. The van der Waals surface area contributed by atoms with Gasteiger partial charge in [0.2, 0.25) is 15.9 Å². The van der Waals surface area contributed by atoms with Crippen molar-refractivity contribution in [2.75, 3.05) is 11.4 Å². The van der Waals surface area contributed by atoms with Crippen molar-refractivity contribution in [3.05, 3.63) is 23.8 Å². The molecule has 0 bridgehead atoms. The molecule has 3 aliphatic rings. The third kappa shape index (κ3) is 3.91. The van der Waals surface area contributed by atoms with E-state index in [2.05, 4.69) is 10.0 Å². The van der Waals surface area contributed by atoms with Crippen LogP contribution in [0.1, 0.15) is 57.4 Å². The Bertz CT molecular complexity index is 818. The van der Waals surface area contributed by atoms with Gasteiger partial charge in [0.05, 0.1) is 4.90 Å². The number of anilines is 1. The first kappa shape index (κ1) is 18.9. The quantitative estimate of drug-likeness (QED) is 0.807. The number of hydrogen-bond donors (Lipinski definition) is 2. The lowest BCUT2D eigenvalue weighted by Gasteiger charge is -2.39. The maximum absolute atomic E-state index is 12.9. The summed E-state index contributed by atoms with van der Waals surface area (Å²) < 4.78 is 28.7. The van der Waals surface area contributed by atoms with Gasteiger partial charge in [-0.25, -0.2) is 13.1 Å². The molecule has 2 aliphatic carbocycles. The highest BCUT2D eigenvalue weighted by molar-refractivity contribution is 7.89. The van der Waals surface area contributed by atoms with E-state index in [4.69, 9.17) is 0 Å². The predicted molar refractivity (Wildman–Crippen MR) is 105 cm³/mol. The van der Waals surface area contributed by atoms with Crippen LogP contribution in [0.2, 0.25) is 0 Å². The van der Waals surface area contributed by atoms with Crippen molar-refractivity contribution < 1.29 is 13.2 Å². The lowest BCUT2D eigenvalue weighted by atomic mass is 9.86.